The first kappa shape index (κ1) is 11.5. The summed E-state index contributed by atoms with van der Waals surface area (Å²) in [7, 11) is 0. The van der Waals surface area contributed by atoms with Crippen LogP contribution in [0.5, 0.6) is 0 Å². The van der Waals surface area contributed by atoms with Crippen LogP contribution in [0.4, 0.5) is 5.13 Å². The lowest BCUT2D eigenvalue weighted by atomic mass is 10.1. The van der Waals surface area contributed by atoms with Gasteiger partial charge in [-0.25, -0.2) is 4.98 Å². The van der Waals surface area contributed by atoms with Crippen molar-refractivity contribution in [1.82, 2.24) is 4.98 Å². The topological polar surface area (TPSA) is 42.0 Å². The molecule has 17 heavy (non-hydrogen) atoms. The second kappa shape index (κ2) is 5.41. The Morgan fingerprint density at radius 1 is 1.47 bits per heavy atom. The largest absolute Gasteiger partial charge is 0.298 e. The first-order chi connectivity index (χ1) is 8.24. The predicted octanol–water partition coefficient (Wildman–Crippen LogP) is 3.10. The third kappa shape index (κ3) is 3.53. The number of anilines is 1. The number of nitrogens with zero attached hydrogens (tertiary/aromatic N) is 1. The van der Waals surface area contributed by atoms with Crippen molar-refractivity contribution >= 4 is 28.5 Å². The number of carbonyl (C=O) groups is 1. The molecule has 0 bridgehead atoms. The second-order valence-corrected chi connectivity index (χ2v) is 4.47. The second-order valence-electron chi connectivity index (χ2n) is 3.57. The molecular formula is C13H12N2OS. The zero-order valence-corrected chi connectivity index (χ0v) is 10.2. The van der Waals surface area contributed by atoms with E-state index in [1.54, 1.807) is 12.3 Å². The fraction of sp³-hybridized carbons (Fsp3) is 0.0769. The minimum atomic E-state index is -0.165. The Labute approximate surface area is 104 Å². The molecular weight excluding hydrogens is 232 g/mol. The van der Waals surface area contributed by atoms with Crippen LogP contribution in [-0.4, -0.2) is 10.9 Å². The lowest BCUT2D eigenvalue weighted by Gasteiger charge is -1.97. The van der Waals surface area contributed by atoms with Gasteiger partial charge in [0.05, 0.1) is 0 Å². The van der Waals surface area contributed by atoms with Crippen LogP contribution in [-0.2, 0) is 4.79 Å². The molecule has 2 aromatic rings. The highest BCUT2D eigenvalue weighted by Crippen LogP contribution is 2.10. The number of nitrogens with one attached hydrogen (secondary N) is 1. The fourth-order valence-electron chi connectivity index (χ4n) is 1.38. The lowest BCUT2D eigenvalue weighted by Crippen LogP contribution is -2.06. The van der Waals surface area contributed by atoms with Crippen LogP contribution in [0.25, 0.3) is 6.08 Å². The Morgan fingerprint density at radius 3 is 3.06 bits per heavy atom. The van der Waals surface area contributed by atoms with E-state index in [4.69, 9.17) is 0 Å². The minimum Gasteiger partial charge on any atom is -0.298 e. The van der Waals surface area contributed by atoms with E-state index in [2.05, 4.69) is 10.3 Å². The first-order valence-corrected chi connectivity index (χ1v) is 6.07. The summed E-state index contributed by atoms with van der Waals surface area (Å²) >= 11 is 1.40. The molecule has 4 heteroatoms. The molecule has 0 fully saturated rings. The Kier molecular flexibility index (Phi) is 3.67. The molecule has 3 nitrogen and oxygen atoms in total. The van der Waals surface area contributed by atoms with Crippen LogP contribution in [0.3, 0.4) is 0 Å². The monoisotopic (exact) mass is 244 g/mol. The van der Waals surface area contributed by atoms with Crippen molar-refractivity contribution in [2.75, 3.05) is 5.32 Å². The summed E-state index contributed by atoms with van der Waals surface area (Å²) in [6.45, 7) is 2.02. The van der Waals surface area contributed by atoms with Crippen LogP contribution in [0.2, 0.25) is 0 Å². The van der Waals surface area contributed by atoms with Crippen LogP contribution < -0.4 is 5.32 Å². The number of aromatic nitrogens is 1. The van der Waals surface area contributed by atoms with Gasteiger partial charge in [0.25, 0.3) is 0 Å². The van der Waals surface area contributed by atoms with E-state index in [1.807, 2.05) is 36.6 Å². The Hall–Kier alpha value is -1.94. The van der Waals surface area contributed by atoms with E-state index < -0.39 is 0 Å². The molecule has 0 saturated heterocycles. The van der Waals surface area contributed by atoms with Crippen LogP contribution >= 0.6 is 11.3 Å². The Balaban J connectivity index is 1.99. The van der Waals surface area contributed by atoms with E-state index in [1.165, 1.54) is 23.0 Å². The molecule has 0 radical (unpaired) electrons. The molecule has 86 valence electrons. The zero-order chi connectivity index (χ0) is 12.1. The van der Waals surface area contributed by atoms with Gasteiger partial charge < -0.3 is 0 Å². The molecule has 0 atom stereocenters. The summed E-state index contributed by atoms with van der Waals surface area (Å²) in [6, 6.07) is 7.97. The molecule has 1 heterocycles. The van der Waals surface area contributed by atoms with Crippen molar-refractivity contribution in [2.24, 2.45) is 0 Å². The minimum absolute atomic E-state index is 0.165. The number of thiazole rings is 1. The third-order valence-electron chi connectivity index (χ3n) is 2.13. The highest BCUT2D eigenvalue weighted by Gasteiger charge is 1.98. The van der Waals surface area contributed by atoms with Gasteiger partial charge in [0.1, 0.15) is 0 Å². The summed E-state index contributed by atoms with van der Waals surface area (Å²) in [5.74, 6) is -0.165. The van der Waals surface area contributed by atoms with Gasteiger partial charge in [0.15, 0.2) is 5.13 Å². The molecule has 0 aliphatic heterocycles. The Bertz CT molecular complexity index is 532. The molecule has 1 aromatic carbocycles. The van der Waals surface area contributed by atoms with Gasteiger partial charge in [0.2, 0.25) is 5.91 Å². The first-order valence-electron chi connectivity index (χ1n) is 5.19. The van der Waals surface area contributed by atoms with Crippen LogP contribution in [0.15, 0.2) is 41.9 Å². The van der Waals surface area contributed by atoms with Gasteiger partial charge in [0, 0.05) is 17.7 Å². The average Bonchev–Trinajstić information content (AvgIpc) is 2.79. The van der Waals surface area contributed by atoms with Gasteiger partial charge in [-0.1, -0.05) is 29.8 Å². The number of benzene rings is 1. The highest BCUT2D eigenvalue weighted by molar-refractivity contribution is 7.13. The molecule has 0 aliphatic carbocycles. The predicted molar refractivity (Wildman–Crippen MR) is 71.0 cm³/mol. The van der Waals surface area contributed by atoms with E-state index in [9.17, 15) is 4.79 Å². The number of hydrogen-bond donors (Lipinski definition) is 1. The standard InChI is InChI=1S/C13H12N2OS/c1-10-3-2-4-11(9-10)5-6-12(16)15-13-14-7-8-17-13/h2-9H,1H3,(H,14,15,16)/b6-5+. The van der Waals surface area contributed by atoms with E-state index in [0.717, 1.165) is 5.56 Å². The van der Waals surface area contributed by atoms with Crippen molar-refractivity contribution in [3.05, 3.63) is 53.0 Å². The molecule has 0 spiro atoms. The maximum atomic E-state index is 11.5. The van der Waals surface area contributed by atoms with Gasteiger partial charge >= 0.3 is 0 Å². The van der Waals surface area contributed by atoms with E-state index in [0.29, 0.717) is 5.13 Å². The number of rotatable bonds is 3. The van der Waals surface area contributed by atoms with Gasteiger partial charge in [-0.15, -0.1) is 11.3 Å². The smallest absolute Gasteiger partial charge is 0.250 e. The number of aryl methyl sites for hydroxylation is 1. The van der Waals surface area contributed by atoms with Crippen molar-refractivity contribution in [1.29, 1.82) is 0 Å². The quantitative estimate of drug-likeness (QED) is 0.843. The number of carbonyl (C=O) groups excluding carboxylic acids is 1. The van der Waals surface area contributed by atoms with E-state index >= 15 is 0 Å². The molecule has 0 saturated carbocycles. The number of amides is 1. The van der Waals surface area contributed by atoms with Crippen molar-refractivity contribution in [2.45, 2.75) is 6.92 Å². The van der Waals surface area contributed by atoms with Crippen molar-refractivity contribution < 1.29 is 4.79 Å². The van der Waals surface area contributed by atoms with Crippen LogP contribution in [0, 0.1) is 6.92 Å². The molecule has 2 rings (SSSR count). The maximum absolute atomic E-state index is 11.5. The molecule has 0 unspecified atom stereocenters. The highest BCUT2D eigenvalue weighted by atomic mass is 32.1. The lowest BCUT2D eigenvalue weighted by molar-refractivity contribution is -0.111. The summed E-state index contributed by atoms with van der Waals surface area (Å²) in [4.78, 5) is 15.5. The maximum Gasteiger partial charge on any atom is 0.250 e. The zero-order valence-electron chi connectivity index (χ0n) is 9.38. The summed E-state index contributed by atoms with van der Waals surface area (Å²) in [6.07, 6.45) is 4.96. The van der Waals surface area contributed by atoms with Gasteiger partial charge in [-0.3, -0.25) is 10.1 Å². The van der Waals surface area contributed by atoms with Crippen molar-refractivity contribution in [3.8, 4) is 0 Å². The normalized spacial score (nSPS) is 10.6. The Morgan fingerprint density at radius 2 is 2.35 bits per heavy atom. The summed E-state index contributed by atoms with van der Waals surface area (Å²) in [5.41, 5.74) is 2.19. The third-order valence-corrected chi connectivity index (χ3v) is 2.82. The van der Waals surface area contributed by atoms with E-state index in [-0.39, 0.29) is 5.91 Å². The fourth-order valence-corrected chi connectivity index (χ4v) is 1.91. The summed E-state index contributed by atoms with van der Waals surface area (Å²) in [5, 5.41) is 5.12. The van der Waals surface area contributed by atoms with Crippen molar-refractivity contribution in [3.63, 3.8) is 0 Å². The van der Waals surface area contributed by atoms with Crippen LogP contribution in [0.1, 0.15) is 11.1 Å². The van der Waals surface area contributed by atoms with Gasteiger partial charge in [-0.2, -0.15) is 0 Å². The molecule has 1 N–H and O–H groups in total. The number of hydrogen-bond acceptors (Lipinski definition) is 3. The SMILES string of the molecule is Cc1cccc(/C=C/C(=O)Nc2nccs2)c1. The average molecular weight is 244 g/mol. The molecule has 0 aliphatic rings. The molecule has 1 amide bonds. The van der Waals surface area contributed by atoms with Gasteiger partial charge in [-0.05, 0) is 18.6 Å². The summed E-state index contributed by atoms with van der Waals surface area (Å²) < 4.78 is 0. The molecule has 1 aromatic heterocycles.